The highest BCUT2D eigenvalue weighted by molar-refractivity contribution is 5.85. The lowest BCUT2D eigenvalue weighted by molar-refractivity contribution is -0.154. The van der Waals surface area contributed by atoms with E-state index in [2.05, 4.69) is 19.4 Å². The topological polar surface area (TPSA) is 90.8 Å². The molecule has 2 heterocycles. The van der Waals surface area contributed by atoms with Crippen LogP contribution in [0.1, 0.15) is 10.6 Å². The summed E-state index contributed by atoms with van der Waals surface area (Å²) in [4.78, 5) is 32.7. The van der Waals surface area contributed by atoms with Crippen molar-refractivity contribution in [3.05, 3.63) is 18.1 Å². The fourth-order valence-corrected chi connectivity index (χ4v) is 1.85. The molecule has 0 spiro atoms. The lowest BCUT2D eigenvalue weighted by atomic mass is 10.2. The second kappa shape index (κ2) is 6.29. The number of hydrogen-bond acceptors (Lipinski definition) is 8. The predicted octanol–water partition coefficient (Wildman–Crippen LogP) is -0.359. The molecule has 1 unspecified atom stereocenters. The van der Waals surface area contributed by atoms with E-state index in [0.29, 0.717) is 25.5 Å². The average molecular weight is 281 g/mol. The Balaban J connectivity index is 2.14. The normalized spacial score (nSPS) is 18.5. The second-order valence-electron chi connectivity index (χ2n) is 4.06. The zero-order valence-electron chi connectivity index (χ0n) is 11.2. The van der Waals surface area contributed by atoms with Crippen LogP contribution in [0, 0.1) is 0 Å². The van der Waals surface area contributed by atoms with Crippen LogP contribution in [0.25, 0.3) is 0 Å². The van der Waals surface area contributed by atoms with Gasteiger partial charge < -0.3 is 19.1 Å². The number of esters is 2. The molecule has 0 saturated carbocycles. The highest BCUT2D eigenvalue weighted by Gasteiger charge is 2.28. The first-order valence-corrected chi connectivity index (χ1v) is 6.01. The fourth-order valence-electron chi connectivity index (χ4n) is 1.85. The molecule has 1 fully saturated rings. The zero-order chi connectivity index (χ0) is 14.5. The molecule has 1 atom stereocenters. The number of nitrogens with zero attached hydrogens (tertiary/aromatic N) is 3. The van der Waals surface area contributed by atoms with Gasteiger partial charge in [-0.25, -0.2) is 19.6 Å². The number of methoxy groups -OCH3 is 2. The van der Waals surface area contributed by atoms with Crippen molar-refractivity contribution in [1.29, 1.82) is 0 Å². The Morgan fingerprint density at radius 1 is 1.40 bits per heavy atom. The van der Waals surface area contributed by atoms with Gasteiger partial charge in [0.25, 0.3) is 0 Å². The molecule has 1 aromatic heterocycles. The molecule has 8 heteroatoms. The molecule has 1 saturated heterocycles. The summed E-state index contributed by atoms with van der Waals surface area (Å²) in [6.45, 7) is 1.24. The van der Waals surface area contributed by atoms with Gasteiger partial charge in [-0.05, 0) is 6.07 Å². The smallest absolute Gasteiger partial charge is 0.376 e. The lowest BCUT2D eigenvalue weighted by Gasteiger charge is -2.32. The molecule has 2 rings (SSSR count). The molecule has 1 aliphatic heterocycles. The van der Waals surface area contributed by atoms with Gasteiger partial charge in [-0.2, -0.15) is 0 Å². The van der Waals surface area contributed by atoms with E-state index < -0.39 is 18.0 Å². The van der Waals surface area contributed by atoms with Crippen LogP contribution in [0.4, 0.5) is 5.82 Å². The van der Waals surface area contributed by atoms with Gasteiger partial charge in [0.15, 0.2) is 6.10 Å². The molecule has 20 heavy (non-hydrogen) atoms. The van der Waals surface area contributed by atoms with Crippen molar-refractivity contribution in [3.63, 3.8) is 0 Å². The first-order chi connectivity index (χ1) is 9.65. The summed E-state index contributed by atoms with van der Waals surface area (Å²) in [5.41, 5.74) is 0. The highest BCUT2D eigenvalue weighted by Crippen LogP contribution is 2.15. The predicted molar refractivity (Wildman–Crippen MR) is 67.3 cm³/mol. The Morgan fingerprint density at radius 2 is 2.20 bits per heavy atom. The van der Waals surface area contributed by atoms with E-state index in [1.165, 1.54) is 20.4 Å². The number of morpholine rings is 1. The van der Waals surface area contributed by atoms with Crippen LogP contribution >= 0.6 is 0 Å². The van der Waals surface area contributed by atoms with Crippen molar-refractivity contribution < 1.29 is 23.8 Å². The maximum absolute atomic E-state index is 11.5. The molecule has 8 nitrogen and oxygen atoms in total. The Morgan fingerprint density at radius 3 is 2.90 bits per heavy atom. The van der Waals surface area contributed by atoms with Crippen LogP contribution < -0.4 is 4.90 Å². The largest absolute Gasteiger partial charge is 0.467 e. The molecule has 1 aromatic rings. The van der Waals surface area contributed by atoms with Gasteiger partial charge in [0, 0.05) is 12.7 Å². The van der Waals surface area contributed by atoms with Crippen molar-refractivity contribution in [2.75, 3.05) is 38.8 Å². The third-order valence-electron chi connectivity index (χ3n) is 2.86. The maximum atomic E-state index is 11.5. The van der Waals surface area contributed by atoms with E-state index in [1.54, 1.807) is 6.07 Å². The second-order valence-corrected chi connectivity index (χ2v) is 4.06. The minimum Gasteiger partial charge on any atom is -0.467 e. The number of rotatable bonds is 3. The average Bonchev–Trinajstić information content (AvgIpc) is 2.53. The summed E-state index contributed by atoms with van der Waals surface area (Å²) in [5, 5.41) is 0. The SMILES string of the molecule is COC(=O)c1nccc(N2CCOC(C(=O)OC)C2)n1. The molecule has 0 amide bonds. The van der Waals surface area contributed by atoms with Crippen molar-refractivity contribution in [3.8, 4) is 0 Å². The summed E-state index contributed by atoms with van der Waals surface area (Å²) in [7, 11) is 2.57. The summed E-state index contributed by atoms with van der Waals surface area (Å²) in [6.07, 6.45) is 0.808. The van der Waals surface area contributed by atoms with E-state index in [1.807, 2.05) is 4.90 Å². The van der Waals surface area contributed by atoms with E-state index >= 15 is 0 Å². The third-order valence-corrected chi connectivity index (χ3v) is 2.86. The van der Waals surface area contributed by atoms with Crippen LogP contribution in [0.2, 0.25) is 0 Å². The first-order valence-electron chi connectivity index (χ1n) is 6.01. The number of aromatic nitrogens is 2. The van der Waals surface area contributed by atoms with Crippen molar-refractivity contribution >= 4 is 17.8 Å². The van der Waals surface area contributed by atoms with Crippen LogP contribution in [0.5, 0.6) is 0 Å². The summed E-state index contributed by atoms with van der Waals surface area (Å²) < 4.78 is 14.6. The van der Waals surface area contributed by atoms with Crippen LogP contribution in [0.15, 0.2) is 12.3 Å². The van der Waals surface area contributed by atoms with Gasteiger partial charge in [0.2, 0.25) is 5.82 Å². The standard InChI is InChI=1S/C12H15N3O5/c1-18-11(16)8-7-15(5-6-20-8)9-3-4-13-10(14-9)12(17)19-2/h3-4,8H,5-7H2,1-2H3. The molecular weight excluding hydrogens is 266 g/mol. The Bertz CT molecular complexity index is 508. The van der Waals surface area contributed by atoms with Crippen molar-refractivity contribution in [2.24, 2.45) is 0 Å². The summed E-state index contributed by atoms with van der Waals surface area (Å²) in [6, 6.07) is 1.66. The molecule has 0 aliphatic carbocycles. The minimum absolute atomic E-state index is 0.0221. The molecule has 0 aromatic carbocycles. The molecular formula is C12H15N3O5. The number of hydrogen-bond donors (Lipinski definition) is 0. The van der Waals surface area contributed by atoms with E-state index in [0.717, 1.165) is 0 Å². The monoisotopic (exact) mass is 281 g/mol. The van der Waals surface area contributed by atoms with Crippen LogP contribution in [0.3, 0.4) is 0 Å². The van der Waals surface area contributed by atoms with E-state index in [-0.39, 0.29) is 5.82 Å². The number of carbonyl (C=O) groups is 2. The Labute approximate surface area is 115 Å². The number of anilines is 1. The molecule has 0 radical (unpaired) electrons. The van der Waals surface area contributed by atoms with Crippen LogP contribution in [-0.4, -0.2) is 61.9 Å². The summed E-state index contributed by atoms with van der Waals surface area (Å²) in [5.74, 6) is -0.523. The van der Waals surface area contributed by atoms with Gasteiger partial charge in [-0.15, -0.1) is 0 Å². The van der Waals surface area contributed by atoms with Gasteiger partial charge >= 0.3 is 11.9 Å². The van der Waals surface area contributed by atoms with Crippen molar-refractivity contribution in [2.45, 2.75) is 6.10 Å². The van der Waals surface area contributed by atoms with E-state index in [9.17, 15) is 9.59 Å². The zero-order valence-corrected chi connectivity index (χ0v) is 11.2. The number of ether oxygens (including phenoxy) is 3. The first kappa shape index (κ1) is 14.2. The molecule has 0 bridgehead atoms. The molecule has 1 aliphatic rings. The quantitative estimate of drug-likeness (QED) is 0.694. The Kier molecular flexibility index (Phi) is 4.46. The van der Waals surface area contributed by atoms with Crippen molar-refractivity contribution in [1.82, 2.24) is 9.97 Å². The summed E-state index contributed by atoms with van der Waals surface area (Å²) >= 11 is 0. The van der Waals surface area contributed by atoms with Gasteiger partial charge in [0.1, 0.15) is 5.82 Å². The van der Waals surface area contributed by atoms with Gasteiger partial charge in [-0.3, -0.25) is 0 Å². The number of carbonyl (C=O) groups excluding carboxylic acids is 2. The lowest BCUT2D eigenvalue weighted by Crippen LogP contribution is -2.47. The van der Waals surface area contributed by atoms with Crippen LogP contribution in [-0.2, 0) is 19.0 Å². The molecule has 0 N–H and O–H groups in total. The van der Waals surface area contributed by atoms with E-state index in [4.69, 9.17) is 4.74 Å². The Hall–Kier alpha value is -2.22. The fraction of sp³-hybridized carbons (Fsp3) is 0.500. The van der Waals surface area contributed by atoms with Gasteiger partial charge in [-0.1, -0.05) is 0 Å². The van der Waals surface area contributed by atoms with Gasteiger partial charge in [0.05, 0.1) is 27.4 Å². The third kappa shape index (κ3) is 3.02. The molecule has 108 valence electrons. The highest BCUT2D eigenvalue weighted by atomic mass is 16.6. The maximum Gasteiger partial charge on any atom is 0.376 e. The minimum atomic E-state index is -0.662.